The van der Waals surface area contributed by atoms with Gasteiger partial charge in [-0.05, 0) is 37.6 Å². The van der Waals surface area contributed by atoms with Crippen LogP contribution in [0.15, 0.2) is 53.0 Å². The molecule has 2 aromatic rings. The van der Waals surface area contributed by atoms with E-state index in [2.05, 4.69) is 31.3 Å². The summed E-state index contributed by atoms with van der Waals surface area (Å²) in [5, 5.41) is 5.80. The number of rotatable bonds is 7. The average Bonchev–Trinajstić information content (AvgIpc) is 2.56. The average molecular weight is 413 g/mol. The van der Waals surface area contributed by atoms with Crippen LogP contribution in [0, 0.1) is 0 Å². The molecule has 2 aromatic carbocycles. The first-order valence-corrected chi connectivity index (χ1v) is 8.53. The van der Waals surface area contributed by atoms with Gasteiger partial charge in [0.05, 0.1) is 11.7 Å². The Hall–Kier alpha value is -1.99. The first kappa shape index (κ1) is 19.3. The molecular weight excluding hydrogens is 394 g/mol. The fourth-order valence-corrected chi connectivity index (χ4v) is 3.00. The van der Waals surface area contributed by atoms with Crippen molar-refractivity contribution >= 4 is 27.5 Å². The third-order valence-corrected chi connectivity index (χ3v) is 4.35. The van der Waals surface area contributed by atoms with Crippen molar-refractivity contribution in [1.29, 1.82) is 0 Å². The van der Waals surface area contributed by atoms with Crippen LogP contribution in [-0.4, -0.2) is 18.6 Å². The van der Waals surface area contributed by atoms with Crippen molar-refractivity contribution in [2.24, 2.45) is 0 Å². The van der Waals surface area contributed by atoms with E-state index >= 15 is 0 Å². The van der Waals surface area contributed by atoms with Crippen LogP contribution in [0.25, 0.3) is 0 Å². The van der Waals surface area contributed by atoms with Gasteiger partial charge in [-0.3, -0.25) is 10.1 Å². The maximum Gasteiger partial charge on any atom is 0.387 e. The number of benzene rings is 2. The zero-order valence-corrected chi connectivity index (χ0v) is 15.4. The molecule has 2 rings (SSSR count). The molecular formula is C18H19BrF2N2O2. The van der Waals surface area contributed by atoms with Gasteiger partial charge >= 0.3 is 6.61 Å². The van der Waals surface area contributed by atoms with E-state index in [0.717, 1.165) is 10.0 Å². The Balaban J connectivity index is 2.02. The van der Waals surface area contributed by atoms with Crippen LogP contribution >= 0.6 is 15.9 Å². The molecule has 0 saturated heterocycles. The van der Waals surface area contributed by atoms with E-state index in [1.54, 1.807) is 19.1 Å². The standard InChI is InChI=1S/C18H19BrF2N2O2/c1-11(13-7-3-4-8-14(13)19)22-12(2)17(24)23-15-9-5-6-10-16(15)25-18(20)21/h3-12,18,22H,1-2H3,(H,23,24). The third kappa shape index (κ3) is 5.51. The molecule has 0 spiro atoms. The van der Waals surface area contributed by atoms with Gasteiger partial charge in [0.25, 0.3) is 0 Å². The number of anilines is 1. The highest BCUT2D eigenvalue weighted by atomic mass is 79.9. The Labute approximate surface area is 153 Å². The predicted molar refractivity (Wildman–Crippen MR) is 96.9 cm³/mol. The molecule has 7 heteroatoms. The lowest BCUT2D eigenvalue weighted by atomic mass is 10.1. The van der Waals surface area contributed by atoms with Gasteiger partial charge in [-0.15, -0.1) is 0 Å². The minimum Gasteiger partial charge on any atom is -0.433 e. The predicted octanol–water partition coefficient (Wildman–Crippen LogP) is 4.73. The highest BCUT2D eigenvalue weighted by molar-refractivity contribution is 9.10. The van der Waals surface area contributed by atoms with Crippen molar-refractivity contribution in [3.05, 3.63) is 58.6 Å². The highest BCUT2D eigenvalue weighted by Crippen LogP contribution is 2.26. The van der Waals surface area contributed by atoms with E-state index in [9.17, 15) is 13.6 Å². The smallest absolute Gasteiger partial charge is 0.387 e. The molecule has 1 amide bonds. The summed E-state index contributed by atoms with van der Waals surface area (Å²) >= 11 is 3.48. The first-order valence-electron chi connectivity index (χ1n) is 7.73. The van der Waals surface area contributed by atoms with Crippen molar-refractivity contribution in [2.45, 2.75) is 32.5 Å². The normalized spacial score (nSPS) is 13.4. The molecule has 134 valence electrons. The maximum absolute atomic E-state index is 12.4. The maximum atomic E-state index is 12.4. The number of amides is 1. The molecule has 0 bridgehead atoms. The molecule has 0 aliphatic carbocycles. The van der Waals surface area contributed by atoms with Crippen LogP contribution in [0.3, 0.4) is 0 Å². The quantitative estimate of drug-likeness (QED) is 0.690. The largest absolute Gasteiger partial charge is 0.433 e. The molecule has 2 N–H and O–H groups in total. The molecule has 0 aliphatic rings. The number of hydrogen-bond donors (Lipinski definition) is 2. The summed E-state index contributed by atoms with van der Waals surface area (Å²) in [6.07, 6.45) is 0. The summed E-state index contributed by atoms with van der Waals surface area (Å²) in [6.45, 7) is 0.695. The topological polar surface area (TPSA) is 50.4 Å². The second-order valence-electron chi connectivity index (χ2n) is 5.50. The van der Waals surface area contributed by atoms with Crippen LogP contribution < -0.4 is 15.4 Å². The fraction of sp³-hybridized carbons (Fsp3) is 0.278. The van der Waals surface area contributed by atoms with Gasteiger partial charge in [-0.2, -0.15) is 8.78 Å². The van der Waals surface area contributed by atoms with Crippen molar-refractivity contribution in [1.82, 2.24) is 5.32 Å². The van der Waals surface area contributed by atoms with Crippen molar-refractivity contribution in [2.75, 3.05) is 5.32 Å². The van der Waals surface area contributed by atoms with Crippen molar-refractivity contribution in [3.8, 4) is 5.75 Å². The molecule has 0 fully saturated rings. The number of para-hydroxylation sites is 2. The molecule has 2 unspecified atom stereocenters. The minimum atomic E-state index is -2.95. The molecule has 25 heavy (non-hydrogen) atoms. The SMILES string of the molecule is CC(NC(C)c1ccccc1Br)C(=O)Nc1ccccc1OC(F)F. The molecule has 0 aliphatic heterocycles. The first-order chi connectivity index (χ1) is 11.9. The van der Waals surface area contributed by atoms with Gasteiger partial charge in [-0.25, -0.2) is 0 Å². The lowest BCUT2D eigenvalue weighted by molar-refractivity contribution is -0.118. The Morgan fingerprint density at radius 2 is 1.72 bits per heavy atom. The van der Waals surface area contributed by atoms with Gasteiger partial charge in [0.1, 0.15) is 5.75 Å². The van der Waals surface area contributed by atoms with Gasteiger partial charge in [0.15, 0.2) is 0 Å². The van der Waals surface area contributed by atoms with Gasteiger partial charge in [0, 0.05) is 10.5 Å². The molecule has 0 radical (unpaired) electrons. The molecule has 4 nitrogen and oxygen atoms in total. The summed E-state index contributed by atoms with van der Waals surface area (Å²) in [6, 6.07) is 13.2. The van der Waals surface area contributed by atoms with Gasteiger partial charge in [-0.1, -0.05) is 46.3 Å². The molecule has 0 aromatic heterocycles. The summed E-state index contributed by atoms with van der Waals surface area (Å²) in [5.41, 5.74) is 1.22. The number of ether oxygens (including phenoxy) is 1. The second-order valence-corrected chi connectivity index (χ2v) is 6.35. The Kier molecular flexibility index (Phi) is 6.90. The lowest BCUT2D eigenvalue weighted by Crippen LogP contribution is -2.39. The Morgan fingerprint density at radius 3 is 2.40 bits per heavy atom. The summed E-state index contributed by atoms with van der Waals surface area (Å²) < 4.78 is 30.2. The molecule has 0 heterocycles. The van der Waals surface area contributed by atoms with E-state index in [1.165, 1.54) is 12.1 Å². The number of carbonyl (C=O) groups is 1. The lowest BCUT2D eigenvalue weighted by Gasteiger charge is -2.21. The van der Waals surface area contributed by atoms with E-state index in [0.29, 0.717) is 0 Å². The summed E-state index contributed by atoms with van der Waals surface area (Å²) in [5.74, 6) is -0.416. The number of halogens is 3. The van der Waals surface area contributed by atoms with Crippen LogP contribution in [0.2, 0.25) is 0 Å². The van der Waals surface area contributed by atoms with Crippen LogP contribution in [0.1, 0.15) is 25.5 Å². The fourth-order valence-electron chi connectivity index (χ4n) is 2.38. The van der Waals surface area contributed by atoms with Gasteiger partial charge in [0.2, 0.25) is 5.91 Å². The number of alkyl halides is 2. The van der Waals surface area contributed by atoms with E-state index in [4.69, 9.17) is 0 Å². The highest BCUT2D eigenvalue weighted by Gasteiger charge is 2.19. The zero-order chi connectivity index (χ0) is 18.4. The van der Waals surface area contributed by atoms with Crippen LogP contribution in [0.4, 0.5) is 14.5 Å². The third-order valence-electron chi connectivity index (χ3n) is 3.63. The second kappa shape index (κ2) is 8.92. The van der Waals surface area contributed by atoms with E-state index in [-0.39, 0.29) is 23.4 Å². The minimum absolute atomic E-state index is 0.0723. The Morgan fingerprint density at radius 1 is 1.08 bits per heavy atom. The zero-order valence-electron chi connectivity index (χ0n) is 13.8. The number of hydrogen-bond acceptors (Lipinski definition) is 3. The van der Waals surface area contributed by atoms with Gasteiger partial charge < -0.3 is 10.1 Å². The van der Waals surface area contributed by atoms with Crippen molar-refractivity contribution < 1.29 is 18.3 Å². The summed E-state index contributed by atoms with van der Waals surface area (Å²) in [4.78, 5) is 12.4. The Bertz CT molecular complexity index is 728. The number of nitrogens with one attached hydrogen (secondary N) is 2. The number of carbonyl (C=O) groups excluding carboxylic acids is 1. The van der Waals surface area contributed by atoms with Crippen LogP contribution in [0.5, 0.6) is 5.75 Å². The molecule has 0 saturated carbocycles. The monoisotopic (exact) mass is 412 g/mol. The van der Waals surface area contributed by atoms with Crippen LogP contribution in [-0.2, 0) is 4.79 Å². The van der Waals surface area contributed by atoms with Crippen molar-refractivity contribution in [3.63, 3.8) is 0 Å². The molecule has 2 atom stereocenters. The summed E-state index contributed by atoms with van der Waals surface area (Å²) in [7, 11) is 0. The van der Waals surface area contributed by atoms with E-state index in [1.807, 2.05) is 31.2 Å². The van der Waals surface area contributed by atoms with E-state index < -0.39 is 12.7 Å².